The molecular formula is C18H19Cl2N3O3S. The summed E-state index contributed by atoms with van der Waals surface area (Å²) in [6.07, 6.45) is 2.53. The van der Waals surface area contributed by atoms with E-state index in [-0.39, 0.29) is 34.8 Å². The number of hydrogen-bond acceptors (Lipinski definition) is 4. The summed E-state index contributed by atoms with van der Waals surface area (Å²) >= 11 is 12.0. The first-order valence-electron chi connectivity index (χ1n) is 8.46. The molecule has 1 aromatic heterocycles. The van der Waals surface area contributed by atoms with E-state index in [1.54, 1.807) is 18.3 Å². The molecule has 0 spiro atoms. The molecule has 27 heavy (non-hydrogen) atoms. The van der Waals surface area contributed by atoms with E-state index in [9.17, 15) is 13.2 Å². The molecule has 0 radical (unpaired) electrons. The van der Waals surface area contributed by atoms with Crippen molar-refractivity contribution in [2.24, 2.45) is 5.92 Å². The predicted octanol–water partition coefficient (Wildman–Crippen LogP) is 3.74. The van der Waals surface area contributed by atoms with E-state index in [1.807, 2.05) is 13.0 Å². The van der Waals surface area contributed by atoms with Crippen molar-refractivity contribution in [3.05, 3.63) is 52.1 Å². The van der Waals surface area contributed by atoms with Crippen LogP contribution in [0.15, 0.2) is 41.4 Å². The van der Waals surface area contributed by atoms with Crippen molar-refractivity contribution in [1.82, 2.24) is 9.29 Å². The van der Waals surface area contributed by atoms with Gasteiger partial charge in [-0.3, -0.25) is 4.79 Å². The van der Waals surface area contributed by atoms with E-state index in [0.29, 0.717) is 23.7 Å². The Morgan fingerprint density at radius 1 is 1.19 bits per heavy atom. The van der Waals surface area contributed by atoms with Gasteiger partial charge in [0.25, 0.3) is 0 Å². The normalized spacial score (nSPS) is 16.3. The average molecular weight is 428 g/mol. The van der Waals surface area contributed by atoms with Gasteiger partial charge in [0.1, 0.15) is 10.7 Å². The number of sulfonamides is 1. The third-order valence-electron chi connectivity index (χ3n) is 4.50. The lowest BCUT2D eigenvalue weighted by molar-refractivity contribution is -0.120. The lowest BCUT2D eigenvalue weighted by Crippen LogP contribution is -2.41. The van der Waals surface area contributed by atoms with Gasteiger partial charge in [0, 0.05) is 30.2 Å². The van der Waals surface area contributed by atoms with Crippen molar-refractivity contribution in [2.75, 3.05) is 18.4 Å². The van der Waals surface area contributed by atoms with Crippen molar-refractivity contribution in [3.63, 3.8) is 0 Å². The Hall–Kier alpha value is -1.67. The topological polar surface area (TPSA) is 79.4 Å². The number of aryl methyl sites for hydroxylation is 1. The summed E-state index contributed by atoms with van der Waals surface area (Å²) in [4.78, 5) is 16.6. The highest BCUT2D eigenvalue weighted by Gasteiger charge is 2.33. The fraction of sp³-hybridized carbons (Fsp3) is 0.333. The predicted molar refractivity (Wildman–Crippen MR) is 106 cm³/mol. The summed E-state index contributed by atoms with van der Waals surface area (Å²) in [6, 6.07) is 7.96. The Balaban J connectivity index is 1.65. The first-order valence-corrected chi connectivity index (χ1v) is 10.7. The second-order valence-corrected chi connectivity index (χ2v) is 9.21. The summed E-state index contributed by atoms with van der Waals surface area (Å²) in [5.41, 5.74) is 1.01. The van der Waals surface area contributed by atoms with Crippen LogP contribution in [0.2, 0.25) is 10.0 Å². The van der Waals surface area contributed by atoms with Gasteiger partial charge in [-0.25, -0.2) is 13.4 Å². The van der Waals surface area contributed by atoms with Crippen LogP contribution in [0.5, 0.6) is 0 Å². The minimum absolute atomic E-state index is 0.0107. The van der Waals surface area contributed by atoms with Gasteiger partial charge in [0.2, 0.25) is 15.9 Å². The Labute approximate surface area is 168 Å². The van der Waals surface area contributed by atoms with Crippen molar-refractivity contribution in [1.29, 1.82) is 0 Å². The fourth-order valence-corrected chi connectivity index (χ4v) is 5.15. The van der Waals surface area contributed by atoms with E-state index in [1.165, 1.54) is 16.4 Å². The lowest BCUT2D eigenvalue weighted by Gasteiger charge is -2.30. The highest BCUT2D eigenvalue weighted by atomic mass is 35.5. The van der Waals surface area contributed by atoms with E-state index < -0.39 is 10.0 Å². The van der Waals surface area contributed by atoms with Gasteiger partial charge < -0.3 is 5.32 Å². The molecule has 9 heteroatoms. The number of carbonyl (C=O) groups excluding carboxylic acids is 1. The number of amides is 1. The fourth-order valence-electron chi connectivity index (χ4n) is 2.94. The Morgan fingerprint density at radius 3 is 2.52 bits per heavy atom. The minimum Gasteiger partial charge on any atom is -0.310 e. The highest BCUT2D eigenvalue weighted by molar-refractivity contribution is 7.89. The maximum absolute atomic E-state index is 12.8. The van der Waals surface area contributed by atoms with E-state index >= 15 is 0 Å². The number of anilines is 1. The summed E-state index contributed by atoms with van der Waals surface area (Å²) in [5, 5.41) is 3.22. The van der Waals surface area contributed by atoms with Crippen molar-refractivity contribution in [3.8, 4) is 0 Å². The molecule has 1 aliphatic rings. The molecule has 2 aromatic rings. The zero-order valence-corrected chi connectivity index (χ0v) is 17.0. The number of nitrogens with zero attached hydrogens (tertiary/aromatic N) is 2. The van der Waals surface area contributed by atoms with Crippen LogP contribution < -0.4 is 5.32 Å². The number of aromatic nitrogens is 1. The number of pyridine rings is 1. The molecule has 1 amide bonds. The number of carbonyl (C=O) groups is 1. The Morgan fingerprint density at radius 2 is 1.89 bits per heavy atom. The molecule has 2 heterocycles. The quantitative estimate of drug-likeness (QED) is 0.805. The minimum atomic E-state index is -3.76. The standard InChI is InChI=1S/C18H19Cl2N3O3S/c1-12-2-5-17(21-11-12)22-18(24)13-6-8-23(9-7-13)27(25,26)16-10-14(19)3-4-15(16)20/h2-5,10-11,13H,6-9H2,1H3,(H,21,22,24). The molecule has 3 rings (SSSR count). The van der Waals surface area contributed by atoms with Gasteiger partial charge in [-0.2, -0.15) is 4.31 Å². The SMILES string of the molecule is Cc1ccc(NC(=O)C2CCN(S(=O)(=O)c3cc(Cl)ccc3Cl)CC2)nc1. The van der Waals surface area contributed by atoms with Crippen LogP contribution in [0.4, 0.5) is 5.82 Å². The first-order chi connectivity index (χ1) is 12.8. The zero-order valence-electron chi connectivity index (χ0n) is 14.7. The maximum Gasteiger partial charge on any atom is 0.244 e. The molecule has 0 unspecified atom stereocenters. The summed E-state index contributed by atoms with van der Waals surface area (Å²) in [7, 11) is -3.76. The second-order valence-electron chi connectivity index (χ2n) is 6.46. The van der Waals surface area contributed by atoms with Crippen LogP contribution in [0, 0.1) is 12.8 Å². The average Bonchev–Trinajstić information content (AvgIpc) is 2.65. The highest BCUT2D eigenvalue weighted by Crippen LogP contribution is 2.30. The molecular weight excluding hydrogens is 409 g/mol. The largest absolute Gasteiger partial charge is 0.310 e. The Kier molecular flexibility index (Phi) is 6.05. The number of piperidine rings is 1. The van der Waals surface area contributed by atoms with E-state index in [0.717, 1.165) is 5.56 Å². The van der Waals surface area contributed by atoms with Crippen LogP contribution in [0.25, 0.3) is 0 Å². The van der Waals surface area contributed by atoms with Gasteiger partial charge in [-0.1, -0.05) is 29.3 Å². The summed E-state index contributed by atoms with van der Waals surface area (Å²) in [5.74, 6) is 0.0740. The number of benzene rings is 1. The number of rotatable bonds is 4. The smallest absolute Gasteiger partial charge is 0.244 e. The third-order valence-corrected chi connectivity index (χ3v) is 7.11. The molecule has 144 valence electrons. The molecule has 1 saturated heterocycles. The monoisotopic (exact) mass is 427 g/mol. The number of hydrogen-bond donors (Lipinski definition) is 1. The van der Waals surface area contributed by atoms with Gasteiger partial charge in [0.05, 0.1) is 5.02 Å². The molecule has 6 nitrogen and oxygen atoms in total. The van der Waals surface area contributed by atoms with Gasteiger partial charge in [0.15, 0.2) is 0 Å². The molecule has 1 aromatic carbocycles. The zero-order chi connectivity index (χ0) is 19.6. The van der Waals surface area contributed by atoms with E-state index in [2.05, 4.69) is 10.3 Å². The van der Waals surface area contributed by atoms with Crippen LogP contribution >= 0.6 is 23.2 Å². The van der Waals surface area contributed by atoms with E-state index in [4.69, 9.17) is 23.2 Å². The molecule has 1 aliphatic heterocycles. The molecule has 1 N–H and O–H groups in total. The van der Waals surface area contributed by atoms with Crippen molar-refractivity contribution < 1.29 is 13.2 Å². The molecule has 1 fully saturated rings. The van der Waals surface area contributed by atoms with Crippen molar-refractivity contribution in [2.45, 2.75) is 24.7 Å². The Bertz CT molecular complexity index is 941. The van der Waals surface area contributed by atoms with Gasteiger partial charge >= 0.3 is 0 Å². The van der Waals surface area contributed by atoms with Crippen LogP contribution in [-0.2, 0) is 14.8 Å². The van der Waals surface area contributed by atoms with Gasteiger partial charge in [-0.15, -0.1) is 0 Å². The summed E-state index contributed by atoms with van der Waals surface area (Å²) in [6.45, 7) is 2.40. The second kappa shape index (κ2) is 8.14. The van der Waals surface area contributed by atoms with Crippen LogP contribution in [0.1, 0.15) is 18.4 Å². The number of nitrogens with one attached hydrogen (secondary N) is 1. The molecule has 0 saturated carbocycles. The lowest BCUT2D eigenvalue weighted by atomic mass is 9.97. The van der Waals surface area contributed by atoms with Crippen LogP contribution in [-0.4, -0.2) is 36.7 Å². The van der Waals surface area contributed by atoms with Crippen LogP contribution in [0.3, 0.4) is 0 Å². The first kappa shape index (κ1) is 20.1. The molecule has 0 atom stereocenters. The molecule has 0 aliphatic carbocycles. The third kappa shape index (κ3) is 4.60. The number of halogens is 2. The van der Waals surface area contributed by atoms with Crippen molar-refractivity contribution >= 4 is 45.0 Å². The maximum atomic E-state index is 12.8. The van der Waals surface area contributed by atoms with Gasteiger partial charge in [-0.05, 0) is 49.6 Å². The summed E-state index contributed by atoms with van der Waals surface area (Å²) < 4.78 is 27.0. The molecule has 0 bridgehead atoms.